The molecule has 0 bridgehead atoms. The van der Waals surface area contributed by atoms with E-state index in [0.717, 1.165) is 31.1 Å². The first-order valence-corrected chi connectivity index (χ1v) is 4.91. The fourth-order valence-electron chi connectivity index (χ4n) is 1.82. The Bertz CT molecular complexity index is 242. The fraction of sp³-hybridized carbons (Fsp3) is 0.600. The Balaban J connectivity index is 1.90. The minimum Gasteiger partial charge on any atom is -0.317 e. The molecule has 1 saturated heterocycles. The molecule has 1 N–H and O–H groups in total. The Kier molecular flexibility index (Phi) is 2.87. The van der Waals surface area contributed by atoms with Crippen molar-refractivity contribution in [3.63, 3.8) is 0 Å². The van der Waals surface area contributed by atoms with Crippen molar-refractivity contribution in [2.75, 3.05) is 13.1 Å². The molecule has 70 valence electrons. The highest BCUT2D eigenvalue weighted by Gasteiger charge is 2.13. The van der Waals surface area contributed by atoms with Gasteiger partial charge in [0.1, 0.15) is 0 Å². The number of hydrogen-bond donors (Lipinski definition) is 1. The molecule has 2 rings (SSSR count). The van der Waals surface area contributed by atoms with Crippen LogP contribution in [-0.4, -0.2) is 23.1 Å². The first-order valence-electron chi connectivity index (χ1n) is 4.91. The molecule has 0 unspecified atom stereocenters. The van der Waals surface area contributed by atoms with Gasteiger partial charge in [-0.15, -0.1) is 0 Å². The van der Waals surface area contributed by atoms with E-state index in [1.807, 2.05) is 6.20 Å². The standard InChI is InChI=1S/C10H15N3/c1-3-11-4-2-9(1)7-10-8-12-5-6-13-10/h5-6,8-9,11H,1-4,7H2. The zero-order valence-corrected chi connectivity index (χ0v) is 7.74. The Labute approximate surface area is 78.6 Å². The molecule has 0 atom stereocenters. The van der Waals surface area contributed by atoms with Gasteiger partial charge in [-0.2, -0.15) is 0 Å². The lowest BCUT2D eigenvalue weighted by atomic mass is 9.93. The molecule has 0 saturated carbocycles. The lowest BCUT2D eigenvalue weighted by molar-refractivity contribution is 0.370. The molecule has 1 aromatic heterocycles. The van der Waals surface area contributed by atoms with Crippen molar-refractivity contribution in [2.45, 2.75) is 19.3 Å². The van der Waals surface area contributed by atoms with E-state index < -0.39 is 0 Å². The van der Waals surface area contributed by atoms with Crippen LogP contribution in [0.5, 0.6) is 0 Å². The van der Waals surface area contributed by atoms with Gasteiger partial charge in [0.25, 0.3) is 0 Å². The van der Waals surface area contributed by atoms with Crippen LogP contribution in [0.25, 0.3) is 0 Å². The van der Waals surface area contributed by atoms with E-state index in [1.54, 1.807) is 12.4 Å². The molecule has 13 heavy (non-hydrogen) atoms. The van der Waals surface area contributed by atoms with Gasteiger partial charge in [0.05, 0.1) is 5.69 Å². The van der Waals surface area contributed by atoms with Crippen molar-refractivity contribution in [1.82, 2.24) is 15.3 Å². The molecule has 3 heteroatoms. The number of nitrogens with zero attached hydrogens (tertiary/aromatic N) is 2. The van der Waals surface area contributed by atoms with Gasteiger partial charge >= 0.3 is 0 Å². The lowest BCUT2D eigenvalue weighted by Gasteiger charge is -2.21. The van der Waals surface area contributed by atoms with Crippen molar-refractivity contribution in [3.05, 3.63) is 24.3 Å². The second-order valence-corrected chi connectivity index (χ2v) is 3.59. The van der Waals surface area contributed by atoms with Crippen molar-refractivity contribution in [2.24, 2.45) is 5.92 Å². The third kappa shape index (κ3) is 2.49. The van der Waals surface area contributed by atoms with Crippen LogP contribution in [0, 0.1) is 5.92 Å². The molecule has 0 radical (unpaired) electrons. The minimum absolute atomic E-state index is 0.804. The maximum Gasteiger partial charge on any atom is 0.0589 e. The quantitative estimate of drug-likeness (QED) is 0.733. The second-order valence-electron chi connectivity index (χ2n) is 3.59. The van der Waals surface area contributed by atoms with Crippen LogP contribution in [0.15, 0.2) is 18.6 Å². The lowest BCUT2D eigenvalue weighted by Crippen LogP contribution is -2.28. The van der Waals surface area contributed by atoms with E-state index in [4.69, 9.17) is 0 Å². The third-order valence-electron chi connectivity index (χ3n) is 2.57. The number of nitrogens with one attached hydrogen (secondary N) is 1. The highest BCUT2D eigenvalue weighted by atomic mass is 14.9. The Morgan fingerprint density at radius 1 is 1.31 bits per heavy atom. The van der Waals surface area contributed by atoms with Crippen molar-refractivity contribution in [3.8, 4) is 0 Å². The molecule has 1 aromatic rings. The molecule has 3 nitrogen and oxygen atoms in total. The molecule has 0 amide bonds. The van der Waals surface area contributed by atoms with Crippen LogP contribution in [0.3, 0.4) is 0 Å². The molecule has 1 aliphatic heterocycles. The number of piperidine rings is 1. The van der Waals surface area contributed by atoms with Crippen LogP contribution < -0.4 is 5.32 Å². The number of hydrogen-bond acceptors (Lipinski definition) is 3. The fourth-order valence-corrected chi connectivity index (χ4v) is 1.82. The van der Waals surface area contributed by atoms with E-state index in [9.17, 15) is 0 Å². The van der Waals surface area contributed by atoms with E-state index >= 15 is 0 Å². The Morgan fingerprint density at radius 3 is 2.85 bits per heavy atom. The topological polar surface area (TPSA) is 37.8 Å². The van der Waals surface area contributed by atoms with Gasteiger partial charge < -0.3 is 5.32 Å². The molecule has 1 fully saturated rings. The van der Waals surface area contributed by atoms with Gasteiger partial charge in [0.15, 0.2) is 0 Å². The normalized spacial score (nSPS) is 18.8. The Morgan fingerprint density at radius 2 is 2.15 bits per heavy atom. The molecule has 0 spiro atoms. The summed E-state index contributed by atoms with van der Waals surface area (Å²) in [4.78, 5) is 8.36. The molecule has 2 heterocycles. The van der Waals surface area contributed by atoms with Gasteiger partial charge in [-0.1, -0.05) is 0 Å². The van der Waals surface area contributed by atoms with Crippen molar-refractivity contribution < 1.29 is 0 Å². The smallest absolute Gasteiger partial charge is 0.0589 e. The van der Waals surface area contributed by atoms with Gasteiger partial charge in [-0.25, -0.2) is 0 Å². The van der Waals surface area contributed by atoms with Crippen molar-refractivity contribution in [1.29, 1.82) is 0 Å². The van der Waals surface area contributed by atoms with Crippen LogP contribution in [-0.2, 0) is 6.42 Å². The SMILES string of the molecule is c1cnc(CC2CCNCC2)cn1. The van der Waals surface area contributed by atoms with E-state index in [1.165, 1.54) is 12.8 Å². The average Bonchev–Trinajstić information content (AvgIpc) is 2.21. The van der Waals surface area contributed by atoms with Crippen LogP contribution >= 0.6 is 0 Å². The summed E-state index contributed by atoms with van der Waals surface area (Å²) in [5.41, 5.74) is 1.13. The molecule has 1 aliphatic rings. The van der Waals surface area contributed by atoms with Gasteiger partial charge in [0, 0.05) is 18.6 Å². The molecule has 0 aromatic carbocycles. The summed E-state index contributed by atoms with van der Waals surface area (Å²) < 4.78 is 0. The zero-order chi connectivity index (χ0) is 8.93. The maximum absolute atomic E-state index is 4.29. The third-order valence-corrected chi connectivity index (χ3v) is 2.57. The van der Waals surface area contributed by atoms with Crippen LogP contribution in [0.2, 0.25) is 0 Å². The van der Waals surface area contributed by atoms with E-state index in [-0.39, 0.29) is 0 Å². The van der Waals surface area contributed by atoms with E-state index in [2.05, 4.69) is 15.3 Å². The zero-order valence-electron chi connectivity index (χ0n) is 7.74. The number of rotatable bonds is 2. The van der Waals surface area contributed by atoms with E-state index in [0.29, 0.717) is 0 Å². The highest BCUT2D eigenvalue weighted by Crippen LogP contribution is 2.15. The second kappa shape index (κ2) is 4.33. The van der Waals surface area contributed by atoms with Crippen molar-refractivity contribution >= 4 is 0 Å². The number of aromatic nitrogens is 2. The first-order chi connectivity index (χ1) is 6.45. The predicted octanol–water partition coefficient (Wildman–Crippen LogP) is 1.02. The highest BCUT2D eigenvalue weighted by molar-refractivity contribution is 4.96. The monoisotopic (exact) mass is 177 g/mol. The first kappa shape index (κ1) is 8.63. The van der Waals surface area contributed by atoms with Crippen LogP contribution in [0.4, 0.5) is 0 Å². The minimum atomic E-state index is 0.804. The summed E-state index contributed by atoms with van der Waals surface area (Å²) in [6.07, 6.45) is 9.02. The summed E-state index contributed by atoms with van der Waals surface area (Å²) in [5.74, 6) is 0.804. The Hall–Kier alpha value is -0.960. The largest absolute Gasteiger partial charge is 0.317 e. The van der Waals surface area contributed by atoms with Gasteiger partial charge in [-0.3, -0.25) is 9.97 Å². The summed E-state index contributed by atoms with van der Waals surface area (Å²) in [6.45, 7) is 2.32. The van der Waals surface area contributed by atoms with Gasteiger partial charge in [-0.05, 0) is 38.3 Å². The average molecular weight is 177 g/mol. The molecule has 0 aliphatic carbocycles. The molecular weight excluding hydrogens is 162 g/mol. The summed E-state index contributed by atoms with van der Waals surface area (Å²) in [6, 6.07) is 0. The maximum atomic E-state index is 4.29. The summed E-state index contributed by atoms with van der Waals surface area (Å²) >= 11 is 0. The van der Waals surface area contributed by atoms with Gasteiger partial charge in [0.2, 0.25) is 0 Å². The predicted molar refractivity (Wildman–Crippen MR) is 51.3 cm³/mol. The van der Waals surface area contributed by atoms with Crippen LogP contribution in [0.1, 0.15) is 18.5 Å². The summed E-state index contributed by atoms with van der Waals surface area (Å²) in [5, 5.41) is 3.36. The molecular formula is C10H15N3. The summed E-state index contributed by atoms with van der Waals surface area (Å²) in [7, 11) is 0.